The molecular weight excluding hydrogens is 328 g/mol. The minimum absolute atomic E-state index is 0. The van der Waals surface area contributed by atoms with Crippen LogP contribution in [-0.4, -0.2) is 32.7 Å². The Morgan fingerprint density at radius 1 is 1.29 bits per heavy atom. The Bertz CT molecular complexity index is 655. The number of aryl methyl sites for hydroxylation is 1. The van der Waals surface area contributed by atoms with Crippen LogP contribution in [0.15, 0.2) is 28.7 Å². The van der Waals surface area contributed by atoms with Crippen molar-refractivity contribution >= 4 is 29.3 Å². The number of hydrogen-bond donors (Lipinski definition) is 2. The topological polar surface area (TPSA) is 63.5 Å². The number of hydrogen-bond acceptors (Lipinski definition) is 4. The molecule has 0 fully saturated rings. The molecule has 5 nitrogen and oxygen atoms in total. The van der Waals surface area contributed by atoms with E-state index in [1.54, 1.807) is 7.11 Å². The molecule has 1 amide bonds. The van der Waals surface area contributed by atoms with Gasteiger partial charge in [0, 0.05) is 24.6 Å². The maximum Gasteiger partial charge on any atom is 0.234 e. The van der Waals surface area contributed by atoms with Crippen molar-refractivity contribution in [3.8, 4) is 0 Å². The number of ether oxygens (including phenoxy) is 1. The van der Waals surface area contributed by atoms with Crippen LogP contribution in [-0.2, 0) is 9.53 Å². The lowest BCUT2D eigenvalue weighted by molar-refractivity contribution is -0.121. The molecule has 2 N–H and O–H groups in total. The molecule has 0 radical (unpaired) electrons. The normalized spacial score (nSPS) is 12.2. The van der Waals surface area contributed by atoms with Gasteiger partial charge in [0.15, 0.2) is 0 Å². The smallest absolute Gasteiger partial charge is 0.234 e. The van der Waals surface area contributed by atoms with Gasteiger partial charge in [-0.15, -0.1) is 12.4 Å². The largest absolute Gasteiger partial charge is 0.459 e. The average Bonchev–Trinajstić information content (AvgIpc) is 2.86. The van der Waals surface area contributed by atoms with Crippen molar-refractivity contribution in [2.24, 2.45) is 5.92 Å². The third-order valence-electron chi connectivity index (χ3n) is 3.91. The molecule has 0 saturated carbocycles. The number of amides is 1. The van der Waals surface area contributed by atoms with E-state index < -0.39 is 0 Å². The monoisotopic (exact) mass is 354 g/mol. The van der Waals surface area contributed by atoms with Crippen LogP contribution < -0.4 is 10.6 Å². The molecule has 2 aromatic rings. The SMILES string of the molecule is COCCNCC(=O)NC(c1oc2ccccc2c1C)C(C)C.Cl. The summed E-state index contributed by atoms with van der Waals surface area (Å²) in [4.78, 5) is 12.2. The van der Waals surface area contributed by atoms with Crippen molar-refractivity contribution in [1.29, 1.82) is 0 Å². The molecule has 2 rings (SSSR count). The van der Waals surface area contributed by atoms with Gasteiger partial charge in [-0.2, -0.15) is 0 Å². The Balaban J connectivity index is 0.00000288. The Hall–Kier alpha value is -1.56. The first-order chi connectivity index (χ1) is 11.0. The molecule has 0 bridgehead atoms. The fourth-order valence-corrected chi connectivity index (χ4v) is 2.63. The molecule has 0 aliphatic heterocycles. The molecule has 6 heteroatoms. The molecule has 1 unspecified atom stereocenters. The minimum Gasteiger partial charge on any atom is -0.459 e. The maximum atomic E-state index is 12.2. The zero-order valence-corrected chi connectivity index (χ0v) is 15.5. The summed E-state index contributed by atoms with van der Waals surface area (Å²) in [6, 6.07) is 7.81. The van der Waals surface area contributed by atoms with Crippen LogP contribution in [0.5, 0.6) is 0 Å². The Morgan fingerprint density at radius 3 is 2.62 bits per heavy atom. The van der Waals surface area contributed by atoms with Gasteiger partial charge in [0.2, 0.25) is 5.91 Å². The second-order valence-corrected chi connectivity index (χ2v) is 6.05. The highest BCUT2D eigenvalue weighted by Crippen LogP contribution is 2.32. The molecule has 134 valence electrons. The molecule has 0 saturated heterocycles. The van der Waals surface area contributed by atoms with Crippen molar-refractivity contribution in [2.45, 2.75) is 26.8 Å². The van der Waals surface area contributed by atoms with Gasteiger partial charge in [-0.25, -0.2) is 0 Å². The Morgan fingerprint density at radius 2 is 2.00 bits per heavy atom. The van der Waals surface area contributed by atoms with Crippen LogP contribution in [0.4, 0.5) is 0 Å². The molecule has 1 aromatic carbocycles. The highest BCUT2D eigenvalue weighted by atomic mass is 35.5. The summed E-state index contributed by atoms with van der Waals surface area (Å²) in [5, 5.41) is 7.23. The number of carbonyl (C=O) groups is 1. The highest BCUT2D eigenvalue weighted by molar-refractivity contribution is 5.85. The molecule has 0 aliphatic rings. The first kappa shape index (κ1) is 20.5. The number of halogens is 1. The summed E-state index contributed by atoms with van der Waals surface area (Å²) in [6.45, 7) is 7.71. The fourth-order valence-electron chi connectivity index (χ4n) is 2.63. The summed E-state index contributed by atoms with van der Waals surface area (Å²) < 4.78 is 11.0. The van der Waals surface area contributed by atoms with Crippen LogP contribution in [0, 0.1) is 12.8 Å². The summed E-state index contributed by atoms with van der Waals surface area (Å²) >= 11 is 0. The summed E-state index contributed by atoms with van der Waals surface area (Å²) in [5.74, 6) is 1.03. The standard InChI is InChI=1S/C18H26N2O3.ClH/c1-12(2)17(20-16(21)11-19-9-10-22-4)18-13(3)14-7-5-6-8-15(14)23-18;/h5-8,12,17,19H,9-11H2,1-4H3,(H,20,21);1H. The van der Waals surface area contributed by atoms with E-state index in [1.807, 2.05) is 31.2 Å². The average molecular weight is 355 g/mol. The Labute approximate surface area is 149 Å². The molecule has 1 aromatic heterocycles. The van der Waals surface area contributed by atoms with E-state index in [1.165, 1.54) is 0 Å². The third kappa shape index (κ3) is 4.97. The van der Waals surface area contributed by atoms with Gasteiger partial charge in [-0.3, -0.25) is 4.79 Å². The van der Waals surface area contributed by atoms with Crippen molar-refractivity contribution < 1.29 is 13.9 Å². The second kappa shape index (κ2) is 9.67. The van der Waals surface area contributed by atoms with Crippen LogP contribution >= 0.6 is 12.4 Å². The zero-order chi connectivity index (χ0) is 16.8. The van der Waals surface area contributed by atoms with Crippen LogP contribution in [0.1, 0.15) is 31.2 Å². The number of carbonyl (C=O) groups excluding carboxylic acids is 1. The van der Waals surface area contributed by atoms with Crippen LogP contribution in [0.3, 0.4) is 0 Å². The van der Waals surface area contributed by atoms with E-state index in [0.29, 0.717) is 13.2 Å². The number of methoxy groups -OCH3 is 1. The predicted octanol–water partition coefficient (Wildman–Crippen LogP) is 3.21. The second-order valence-electron chi connectivity index (χ2n) is 6.05. The number of nitrogens with one attached hydrogen (secondary N) is 2. The minimum atomic E-state index is -0.140. The summed E-state index contributed by atoms with van der Waals surface area (Å²) in [7, 11) is 1.64. The van der Waals surface area contributed by atoms with Crippen LogP contribution in [0.25, 0.3) is 11.0 Å². The van der Waals surface area contributed by atoms with Crippen molar-refractivity contribution in [3.63, 3.8) is 0 Å². The maximum absolute atomic E-state index is 12.2. The fraction of sp³-hybridized carbons (Fsp3) is 0.500. The van der Waals surface area contributed by atoms with Crippen molar-refractivity contribution in [3.05, 3.63) is 35.6 Å². The molecule has 1 atom stereocenters. The lowest BCUT2D eigenvalue weighted by Gasteiger charge is -2.21. The van der Waals surface area contributed by atoms with Gasteiger partial charge in [-0.05, 0) is 18.9 Å². The molecule has 24 heavy (non-hydrogen) atoms. The Kier molecular flexibility index (Phi) is 8.25. The number of fused-ring (bicyclic) bond motifs is 1. The first-order valence-corrected chi connectivity index (χ1v) is 8.01. The first-order valence-electron chi connectivity index (χ1n) is 8.01. The lowest BCUT2D eigenvalue weighted by atomic mass is 9.98. The van der Waals surface area contributed by atoms with Crippen molar-refractivity contribution in [1.82, 2.24) is 10.6 Å². The van der Waals surface area contributed by atoms with Gasteiger partial charge >= 0.3 is 0 Å². The summed E-state index contributed by atoms with van der Waals surface area (Å²) in [6.07, 6.45) is 0. The quantitative estimate of drug-likeness (QED) is 0.714. The number of rotatable bonds is 8. The van der Waals surface area contributed by atoms with Gasteiger partial charge < -0.3 is 19.8 Å². The van der Waals surface area contributed by atoms with E-state index in [9.17, 15) is 4.79 Å². The van der Waals surface area contributed by atoms with Gasteiger partial charge in [0.25, 0.3) is 0 Å². The lowest BCUT2D eigenvalue weighted by Crippen LogP contribution is -2.39. The van der Waals surface area contributed by atoms with Gasteiger partial charge in [0.05, 0.1) is 19.2 Å². The third-order valence-corrected chi connectivity index (χ3v) is 3.91. The van der Waals surface area contributed by atoms with Crippen LogP contribution in [0.2, 0.25) is 0 Å². The highest BCUT2D eigenvalue weighted by Gasteiger charge is 2.24. The van der Waals surface area contributed by atoms with Gasteiger partial charge in [0.1, 0.15) is 11.3 Å². The molecular formula is C18H27ClN2O3. The molecule has 0 aliphatic carbocycles. The number of furan rings is 1. The molecule has 1 heterocycles. The number of para-hydroxylation sites is 1. The van der Waals surface area contributed by atoms with Crippen molar-refractivity contribution in [2.75, 3.05) is 26.8 Å². The van der Waals surface area contributed by atoms with E-state index in [-0.39, 0.29) is 36.8 Å². The van der Waals surface area contributed by atoms with E-state index in [0.717, 1.165) is 22.3 Å². The zero-order valence-electron chi connectivity index (χ0n) is 14.7. The van der Waals surface area contributed by atoms with Gasteiger partial charge in [-0.1, -0.05) is 32.0 Å². The number of benzene rings is 1. The summed E-state index contributed by atoms with van der Waals surface area (Å²) in [5.41, 5.74) is 1.95. The molecule has 0 spiro atoms. The van der Waals surface area contributed by atoms with E-state index in [4.69, 9.17) is 9.15 Å². The predicted molar refractivity (Wildman–Crippen MR) is 98.7 cm³/mol. The van der Waals surface area contributed by atoms with E-state index in [2.05, 4.69) is 24.5 Å². The van der Waals surface area contributed by atoms with E-state index >= 15 is 0 Å².